The van der Waals surface area contributed by atoms with Crippen LogP contribution in [0.4, 0.5) is 0 Å². The number of carbonyl (C=O) groups is 1. The van der Waals surface area contributed by atoms with Gasteiger partial charge in [0, 0.05) is 12.0 Å². The van der Waals surface area contributed by atoms with Crippen molar-refractivity contribution in [2.24, 2.45) is 0 Å². The molecule has 1 fully saturated rings. The molecule has 1 saturated heterocycles. The van der Waals surface area contributed by atoms with Crippen molar-refractivity contribution in [3.8, 4) is 0 Å². The summed E-state index contributed by atoms with van der Waals surface area (Å²) >= 11 is 0. The highest BCUT2D eigenvalue weighted by atomic mass is 79.9. The Morgan fingerprint density at radius 1 is 1.00 bits per heavy atom. The third-order valence-electron chi connectivity index (χ3n) is 5.57. The summed E-state index contributed by atoms with van der Waals surface area (Å²) in [5.41, 5.74) is 1.41. The van der Waals surface area contributed by atoms with E-state index >= 15 is 0 Å². The monoisotopic (exact) mass is 410 g/mol. The van der Waals surface area contributed by atoms with E-state index in [0.717, 1.165) is 56.6 Å². The third kappa shape index (κ3) is 7.10. The summed E-state index contributed by atoms with van der Waals surface area (Å²) in [5.74, 6) is 0.375. The number of carbonyl (C=O) groups excluding carboxylic acids is 1. The molecular formula is C21H35BrN2O. The maximum atomic E-state index is 12.4. The van der Waals surface area contributed by atoms with Crippen molar-refractivity contribution < 1.29 is 26.3 Å². The molecule has 0 unspecified atom stereocenters. The van der Waals surface area contributed by atoms with Gasteiger partial charge in [-0.1, -0.05) is 62.9 Å². The van der Waals surface area contributed by atoms with E-state index in [2.05, 4.69) is 49.1 Å². The van der Waals surface area contributed by atoms with Gasteiger partial charge in [-0.3, -0.25) is 4.79 Å². The zero-order valence-electron chi connectivity index (χ0n) is 16.1. The van der Waals surface area contributed by atoms with E-state index in [9.17, 15) is 4.79 Å². The number of halogens is 1. The highest BCUT2D eigenvalue weighted by Gasteiger charge is 2.33. The first-order valence-electron chi connectivity index (χ1n) is 9.86. The molecule has 3 nitrogen and oxygen atoms in total. The lowest BCUT2D eigenvalue weighted by Gasteiger charge is -2.44. The molecule has 4 heteroatoms. The summed E-state index contributed by atoms with van der Waals surface area (Å²) in [6.45, 7) is 10.8. The molecule has 142 valence electrons. The smallest absolute Gasteiger partial charge is 0.222 e. The zero-order valence-corrected chi connectivity index (χ0v) is 17.6. The Morgan fingerprint density at radius 2 is 1.64 bits per heavy atom. The quantitative estimate of drug-likeness (QED) is 0.442. The van der Waals surface area contributed by atoms with Gasteiger partial charge in [0.1, 0.15) is 6.54 Å². The molecule has 1 heterocycles. The molecule has 0 radical (unpaired) electrons. The Hall–Kier alpha value is -0.870. The molecule has 1 aromatic rings. The van der Waals surface area contributed by atoms with Gasteiger partial charge in [-0.2, -0.15) is 0 Å². The molecule has 0 N–H and O–H groups in total. The maximum Gasteiger partial charge on any atom is 0.222 e. The van der Waals surface area contributed by atoms with Gasteiger partial charge in [0.15, 0.2) is 0 Å². The maximum absolute atomic E-state index is 12.4. The van der Waals surface area contributed by atoms with Crippen molar-refractivity contribution in [2.45, 2.75) is 58.9 Å². The van der Waals surface area contributed by atoms with Gasteiger partial charge in [0.05, 0.1) is 32.7 Å². The summed E-state index contributed by atoms with van der Waals surface area (Å²) in [7, 11) is 0. The highest BCUT2D eigenvalue weighted by Crippen LogP contribution is 2.19. The number of hydrogen-bond donors (Lipinski definition) is 0. The molecule has 0 saturated carbocycles. The van der Waals surface area contributed by atoms with Crippen molar-refractivity contribution in [2.75, 3.05) is 32.7 Å². The first kappa shape index (κ1) is 22.2. The summed E-state index contributed by atoms with van der Waals surface area (Å²) < 4.78 is 1.12. The van der Waals surface area contributed by atoms with Gasteiger partial charge in [-0.15, -0.1) is 0 Å². The molecule has 0 spiro atoms. The number of hydrogen-bond acceptors (Lipinski definition) is 1. The highest BCUT2D eigenvalue weighted by molar-refractivity contribution is 5.76. The van der Waals surface area contributed by atoms with Gasteiger partial charge in [0.25, 0.3) is 0 Å². The topological polar surface area (TPSA) is 20.3 Å². The predicted molar refractivity (Wildman–Crippen MR) is 101 cm³/mol. The molecule has 0 bridgehead atoms. The Labute approximate surface area is 164 Å². The van der Waals surface area contributed by atoms with E-state index in [1.165, 1.54) is 31.2 Å². The lowest BCUT2D eigenvalue weighted by atomic mass is 10.1. The zero-order chi connectivity index (χ0) is 17.3. The Bertz CT molecular complexity index is 484. The number of likely N-dealkylation sites (N-methyl/N-ethyl adjacent to an activating group) is 1. The SMILES string of the molecule is CCCCCCCC(=O)N1CC[N+](CC)(Cc2ccccc2)CC1.[Br-]. The summed E-state index contributed by atoms with van der Waals surface area (Å²) in [6.07, 6.45) is 6.85. The molecule has 0 aromatic heterocycles. The van der Waals surface area contributed by atoms with Crippen LogP contribution in [0.2, 0.25) is 0 Å². The van der Waals surface area contributed by atoms with Crippen LogP contribution in [0.5, 0.6) is 0 Å². The molecule has 0 aliphatic carbocycles. The second-order valence-corrected chi connectivity index (χ2v) is 7.29. The van der Waals surface area contributed by atoms with Gasteiger partial charge in [0.2, 0.25) is 5.91 Å². The van der Waals surface area contributed by atoms with E-state index in [0.29, 0.717) is 5.91 Å². The van der Waals surface area contributed by atoms with Crippen LogP contribution in [0.3, 0.4) is 0 Å². The Kier molecular flexibility index (Phi) is 10.4. The van der Waals surface area contributed by atoms with Crippen molar-refractivity contribution in [1.82, 2.24) is 4.90 Å². The number of nitrogens with zero attached hydrogens (tertiary/aromatic N) is 2. The van der Waals surface area contributed by atoms with Crippen LogP contribution in [0.15, 0.2) is 30.3 Å². The molecule has 1 aromatic carbocycles. The lowest BCUT2D eigenvalue weighted by molar-refractivity contribution is -0.942. The van der Waals surface area contributed by atoms with Crippen LogP contribution < -0.4 is 17.0 Å². The molecule has 2 rings (SSSR count). The molecule has 1 amide bonds. The molecule has 1 aliphatic heterocycles. The van der Waals surface area contributed by atoms with Gasteiger partial charge < -0.3 is 26.4 Å². The van der Waals surface area contributed by atoms with Gasteiger partial charge in [-0.25, -0.2) is 0 Å². The van der Waals surface area contributed by atoms with E-state index in [1.54, 1.807) is 0 Å². The fourth-order valence-electron chi connectivity index (χ4n) is 3.73. The lowest BCUT2D eigenvalue weighted by Crippen LogP contribution is -3.00. The molecule has 1 aliphatic rings. The average molecular weight is 411 g/mol. The van der Waals surface area contributed by atoms with Crippen molar-refractivity contribution >= 4 is 5.91 Å². The average Bonchev–Trinajstić information content (AvgIpc) is 2.63. The number of piperazine rings is 1. The van der Waals surface area contributed by atoms with Crippen LogP contribution >= 0.6 is 0 Å². The fourth-order valence-corrected chi connectivity index (χ4v) is 3.73. The van der Waals surface area contributed by atoms with Gasteiger partial charge in [-0.05, 0) is 13.3 Å². The first-order valence-corrected chi connectivity index (χ1v) is 9.86. The van der Waals surface area contributed by atoms with Gasteiger partial charge >= 0.3 is 0 Å². The number of unbranched alkanes of at least 4 members (excludes halogenated alkanes) is 4. The molecular weight excluding hydrogens is 376 g/mol. The molecule has 0 atom stereocenters. The van der Waals surface area contributed by atoms with E-state index < -0.39 is 0 Å². The predicted octanol–water partition coefficient (Wildman–Crippen LogP) is 1.23. The number of rotatable bonds is 9. The Balaban J connectivity index is 0.00000312. The third-order valence-corrected chi connectivity index (χ3v) is 5.57. The van der Waals surface area contributed by atoms with E-state index in [4.69, 9.17) is 0 Å². The minimum absolute atomic E-state index is 0. The van der Waals surface area contributed by atoms with Crippen LogP contribution in [0.25, 0.3) is 0 Å². The Morgan fingerprint density at radius 3 is 2.24 bits per heavy atom. The minimum atomic E-state index is 0. The summed E-state index contributed by atoms with van der Waals surface area (Å²) in [5, 5.41) is 0. The summed E-state index contributed by atoms with van der Waals surface area (Å²) in [4.78, 5) is 14.5. The number of quaternary nitrogens is 1. The molecule has 25 heavy (non-hydrogen) atoms. The second kappa shape index (κ2) is 11.7. The van der Waals surface area contributed by atoms with E-state index in [1.807, 2.05) is 0 Å². The second-order valence-electron chi connectivity index (χ2n) is 7.29. The normalized spacial score (nSPS) is 16.3. The minimum Gasteiger partial charge on any atom is -1.00 e. The van der Waals surface area contributed by atoms with Crippen molar-refractivity contribution in [1.29, 1.82) is 0 Å². The van der Waals surface area contributed by atoms with E-state index in [-0.39, 0.29) is 17.0 Å². The number of benzene rings is 1. The standard InChI is InChI=1S/C21H35N2O.BrH/c1-3-5-6-7-11-14-21(24)22-15-17-23(4-2,18-16-22)19-20-12-9-8-10-13-20;/h8-10,12-13H,3-7,11,14-19H2,1-2H3;1H/q+1;/p-1. The van der Waals surface area contributed by atoms with Crippen LogP contribution in [0.1, 0.15) is 57.9 Å². The largest absolute Gasteiger partial charge is 1.00 e. The summed E-state index contributed by atoms with van der Waals surface area (Å²) in [6, 6.07) is 10.8. The van der Waals surface area contributed by atoms with Crippen molar-refractivity contribution in [3.05, 3.63) is 35.9 Å². The first-order chi connectivity index (χ1) is 11.7. The van der Waals surface area contributed by atoms with Crippen molar-refractivity contribution in [3.63, 3.8) is 0 Å². The number of amides is 1. The van der Waals surface area contributed by atoms with Crippen LogP contribution in [-0.2, 0) is 11.3 Å². The fraction of sp³-hybridized carbons (Fsp3) is 0.667. The van der Waals surface area contributed by atoms with Crippen LogP contribution in [0, 0.1) is 0 Å². The van der Waals surface area contributed by atoms with Crippen LogP contribution in [-0.4, -0.2) is 48.0 Å².